The predicted molar refractivity (Wildman–Crippen MR) is 200 cm³/mol. The molecule has 2 heterocycles. The molecule has 274 valence electrons. The first-order valence-corrected chi connectivity index (χ1v) is 16.9. The number of ether oxygens (including phenoxy) is 1. The molecule has 2 saturated heterocycles. The molecular weight excluding hydrogens is 711 g/mol. The molecule has 0 aliphatic carbocycles. The van der Waals surface area contributed by atoms with Gasteiger partial charge in [-0.2, -0.15) is 0 Å². The summed E-state index contributed by atoms with van der Waals surface area (Å²) in [7, 11) is 1.35. The van der Waals surface area contributed by atoms with Crippen molar-refractivity contribution in [1.82, 2.24) is 5.48 Å². The molecule has 0 radical (unpaired) electrons. The highest BCUT2D eigenvalue weighted by molar-refractivity contribution is 6.31. The van der Waals surface area contributed by atoms with E-state index >= 15 is 0 Å². The molecule has 0 bridgehead atoms. The summed E-state index contributed by atoms with van der Waals surface area (Å²) in [5.41, 5.74) is 5.76. The van der Waals surface area contributed by atoms with E-state index in [0.717, 1.165) is 22.7 Å². The third kappa shape index (κ3) is 9.57. The first-order valence-electron chi connectivity index (χ1n) is 16.1. The highest BCUT2D eigenvalue weighted by atomic mass is 35.5. The van der Waals surface area contributed by atoms with Gasteiger partial charge < -0.3 is 30.4 Å². The lowest BCUT2D eigenvalue weighted by Crippen LogP contribution is -2.28. The molecule has 4 unspecified atom stereocenters. The number of carbonyl (C=O) groups excluding carboxylic acids is 4. The number of esters is 1. The second kappa shape index (κ2) is 18.4. The van der Waals surface area contributed by atoms with E-state index < -0.39 is 5.91 Å². The summed E-state index contributed by atoms with van der Waals surface area (Å²) >= 11 is 11.8. The molecule has 15 heteroatoms. The van der Waals surface area contributed by atoms with E-state index in [0.29, 0.717) is 34.3 Å². The molecule has 2 aliphatic heterocycles. The van der Waals surface area contributed by atoms with Gasteiger partial charge in [0.15, 0.2) is 0 Å². The van der Waals surface area contributed by atoms with Crippen LogP contribution in [-0.4, -0.2) is 66.4 Å². The number of carbonyl (C=O) groups is 4. The van der Waals surface area contributed by atoms with Crippen molar-refractivity contribution in [2.24, 2.45) is 17.7 Å². The van der Waals surface area contributed by atoms with E-state index in [1.54, 1.807) is 75.9 Å². The summed E-state index contributed by atoms with van der Waals surface area (Å²) in [5.74, 6) is 2.35. The van der Waals surface area contributed by atoms with Gasteiger partial charge in [0, 0.05) is 51.4 Å². The number of hydrogen-bond donors (Lipinski definition) is 6. The second-order valence-corrected chi connectivity index (χ2v) is 12.9. The fraction of sp³-hybridized carbons (Fsp3) is 0.243. The fourth-order valence-corrected chi connectivity index (χ4v) is 6.06. The number of nitrogens with one attached hydrogen (secondary N) is 3. The number of nitrogens with two attached hydrogens (primary N) is 1. The van der Waals surface area contributed by atoms with Gasteiger partial charge in [0.05, 0.1) is 36.6 Å². The van der Waals surface area contributed by atoms with Crippen LogP contribution in [0.15, 0.2) is 97.1 Å². The second-order valence-electron chi connectivity index (χ2n) is 12.0. The summed E-state index contributed by atoms with van der Waals surface area (Å²) in [6.07, 6.45) is 0. The minimum atomic E-state index is -0.565. The normalized spacial score (nSPS) is 19.2. The Hall–Kier alpha value is -5.18. The van der Waals surface area contributed by atoms with Crippen molar-refractivity contribution in [1.29, 1.82) is 0 Å². The van der Waals surface area contributed by atoms with Crippen LogP contribution in [0.2, 0.25) is 10.0 Å². The first kappa shape index (κ1) is 39.6. The van der Waals surface area contributed by atoms with Crippen molar-refractivity contribution >= 4 is 69.6 Å². The van der Waals surface area contributed by atoms with Gasteiger partial charge in [-0.05, 0) is 97.1 Å². The van der Waals surface area contributed by atoms with Crippen molar-refractivity contribution < 1.29 is 34.3 Å². The lowest BCUT2D eigenvalue weighted by molar-refractivity contribution is -0.120. The zero-order valence-electron chi connectivity index (χ0n) is 28.6. The smallest absolute Gasteiger partial charge is 0.337 e. The SMILES string of the molecule is CC1C(=O)N(c2ccc(Cl)cc2)CC1Nc1ccc(C(=O)NO)cc1.COC(=O)c1ccc(NC2CN(c3ccc(Cl)cc3)C(=O)C2C)cc1.NO. The molecule has 3 amide bonds. The Morgan fingerprint density at radius 2 is 1.04 bits per heavy atom. The van der Waals surface area contributed by atoms with Gasteiger partial charge >= 0.3 is 5.97 Å². The molecule has 4 aromatic carbocycles. The molecule has 0 aromatic heterocycles. The van der Waals surface area contributed by atoms with E-state index in [2.05, 4.69) is 16.5 Å². The number of amides is 3. The molecule has 4 atom stereocenters. The Bertz CT molecular complexity index is 1690. The van der Waals surface area contributed by atoms with E-state index in [1.165, 1.54) is 7.11 Å². The van der Waals surface area contributed by atoms with Crippen LogP contribution in [0.1, 0.15) is 34.6 Å². The highest BCUT2D eigenvalue weighted by Gasteiger charge is 2.39. The third-order valence-electron chi connectivity index (χ3n) is 8.81. The number of benzene rings is 4. The zero-order chi connectivity index (χ0) is 37.9. The maximum atomic E-state index is 12.6. The van der Waals surface area contributed by atoms with Gasteiger partial charge in [-0.1, -0.05) is 37.0 Å². The van der Waals surface area contributed by atoms with E-state index in [9.17, 15) is 19.2 Å². The molecule has 0 spiro atoms. The molecular formula is C37H40Cl2N6O7. The zero-order valence-corrected chi connectivity index (χ0v) is 30.1. The third-order valence-corrected chi connectivity index (χ3v) is 9.32. The number of methoxy groups -OCH3 is 1. The van der Waals surface area contributed by atoms with Gasteiger partial charge in [0.25, 0.3) is 5.91 Å². The fourth-order valence-electron chi connectivity index (χ4n) is 5.80. The van der Waals surface area contributed by atoms with Gasteiger partial charge in [-0.15, -0.1) is 0 Å². The van der Waals surface area contributed by atoms with Gasteiger partial charge in [0.1, 0.15) is 0 Å². The van der Waals surface area contributed by atoms with Crippen molar-refractivity contribution in [2.75, 3.05) is 40.6 Å². The van der Waals surface area contributed by atoms with Crippen molar-refractivity contribution in [2.45, 2.75) is 25.9 Å². The maximum Gasteiger partial charge on any atom is 0.337 e. The summed E-state index contributed by atoms with van der Waals surface area (Å²) < 4.78 is 4.69. The van der Waals surface area contributed by atoms with Gasteiger partial charge in [-0.25, -0.2) is 16.2 Å². The van der Waals surface area contributed by atoms with E-state index in [-0.39, 0.29) is 41.7 Å². The Balaban J connectivity index is 0.000000222. The van der Waals surface area contributed by atoms with Crippen molar-refractivity contribution in [3.63, 3.8) is 0 Å². The average molecular weight is 752 g/mol. The molecule has 0 saturated carbocycles. The molecule has 2 aliphatic rings. The summed E-state index contributed by atoms with van der Waals surface area (Å²) in [6, 6.07) is 28.1. The molecule has 13 nitrogen and oxygen atoms in total. The maximum absolute atomic E-state index is 12.6. The number of rotatable bonds is 8. The van der Waals surface area contributed by atoms with Crippen LogP contribution in [0.4, 0.5) is 22.7 Å². The molecule has 7 N–H and O–H groups in total. The summed E-state index contributed by atoms with van der Waals surface area (Å²) in [4.78, 5) is 51.4. The van der Waals surface area contributed by atoms with Crippen molar-refractivity contribution in [3.05, 3.63) is 118 Å². The summed E-state index contributed by atoms with van der Waals surface area (Å²) in [6.45, 7) is 4.92. The largest absolute Gasteiger partial charge is 0.465 e. The Morgan fingerprint density at radius 1 is 0.673 bits per heavy atom. The number of nitrogens with zero attached hydrogens (tertiary/aromatic N) is 2. The molecule has 52 heavy (non-hydrogen) atoms. The number of hydroxylamine groups is 1. The first-order chi connectivity index (χ1) is 25.0. The van der Waals surface area contributed by atoms with Crippen LogP contribution in [0.25, 0.3) is 0 Å². The lowest BCUT2D eigenvalue weighted by Gasteiger charge is -2.18. The minimum absolute atomic E-state index is 0.0212. The standard InChI is InChI=1S/C19H19ClN2O3.C18H18ClN3O3.H3NO/c1-12-17(21-15-7-3-13(4-8-15)19(24)25-2)11-22(18(12)23)16-9-5-14(20)6-10-16;1-11-16(20-14-6-2-12(3-7-14)17(23)21-25)10-22(18(11)24)15-8-4-13(19)5-9-15;1-2/h3-10,12,17,21H,11H2,1-2H3;2-9,11,16,20,25H,10H2,1H3,(H,21,23);2H,1H2. The minimum Gasteiger partial charge on any atom is -0.465 e. The quantitative estimate of drug-likeness (QED) is 0.0725. The molecule has 6 rings (SSSR count). The van der Waals surface area contributed by atoms with Gasteiger partial charge in [0.2, 0.25) is 11.8 Å². The highest BCUT2D eigenvalue weighted by Crippen LogP contribution is 2.30. The van der Waals surface area contributed by atoms with Crippen LogP contribution in [-0.2, 0) is 14.3 Å². The topological polar surface area (TPSA) is 187 Å². The van der Waals surface area contributed by atoms with Crippen LogP contribution >= 0.6 is 23.2 Å². The average Bonchev–Trinajstić information content (AvgIpc) is 3.61. The van der Waals surface area contributed by atoms with Crippen LogP contribution < -0.4 is 31.8 Å². The Kier molecular flexibility index (Phi) is 14.0. The van der Waals surface area contributed by atoms with Crippen LogP contribution in [0.3, 0.4) is 0 Å². The summed E-state index contributed by atoms with van der Waals surface area (Å²) in [5, 5.41) is 23.1. The molecule has 2 fully saturated rings. The monoisotopic (exact) mass is 750 g/mol. The Morgan fingerprint density at radius 3 is 1.38 bits per heavy atom. The Labute approximate surface area is 311 Å². The van der Waals surface area contributed by atoms with Crippen molar-refractivity contribution in [3.8, 4) is 0 Å². The number of halogens is 2. The predicted octanol–water partition coefficient (Wildman–Crippen LogP) is 5.85. The lowest BCUT2D eigenvalue weighted by atomic mass is 10.1. The van der Waals surface area contributed by atoms with E-state index in [1.807, 2.05) is 50.2 Å². The van der Waals surface area contributed by atoms with Crippen LogP contribution in [0.5, 0.6) is 0 Å². The van der Waals surface area contributed by atoms with Crippen LogP contribution in [0, 0.1) is 11.8 Å². The number of anilines is 4. The molecule has 4 aromatic rings. The van der Waals surface area contributed by atoms with Gasteiger partial charge in [-0.3, -0.25) is 19.6 Å². The van der Waals surface area contributed by atoms with E-state index in [4.69, 9.17) is 38.4 Å². The number of hydrogen-bond acceptors (Lipinski definition) is 10.